The summed E-state index contributed by atoms with van der Waals surface area (Å²) in [6.07, 6.45) is 0.00811. The summed E-state index contributed by atoms with van der Waals surface area (Å²) in [6.45, 7) is 0.294. The minimum atomic E-state index is -0.455. The van der Waals surface area contributed by atoms with Gasteiger partial charge in [-0.3, -0.25) is 0 Å². The van der Waals surface area contributed by atoms with Crippen LogP contribution in [0.5, 0.6) is 0 Å². The van der Waals surface area contributed by atoms with Gasteiger partial charge in [-0.1, -0.05) is 54.6 Å². The number of benzene rings is 2. The molecule has 1 heterocycles. The van der Waals surface area contributed by atoms with Crippen LogP contribution >= 0.6 is 11.3 Å². The summed E-state index contributed by atoms with van der Waals surface area (Å²) < 4.78 is 5.59. The number of carbonyl (C=O) groups is 1. The predicted molar refractivity (Wildman–Crippen MR) is 107 cm³/mol. The van der Waals surface area contributed by atoms with Crippen LogP contribution in [0.3, 0.4) is 0 Å². The number of carbonyl (C=O) groups excluding carboxylic acids is 1. The fraction of sp³-hybridized carbons (Fsp3) is 0.227. The molecule has 2 N–H and O–H groups in total. The summed E-state index contributed by atoms with van der Waals surface area (Å²) in [5.41, 5.74) is 4.80. The van der Waals surface area contributed by atoms with Gasteiger partial charge in [0.1, 0.15) is 6.61 Å². The molecule has 1 aliphatic carbocycles. The minimum Gasteiger partial charge on any atom is -0.449 e. The van der Waals surface area contributed by atoms with Crippen LogP contribution in [0.1, 0.15) is 34.4 Å². The molecule has 0 radical (unpaired) electrons. The number of thiophene rings is 1. The van der Waals surface area contributed by atoms with Crippen molar-refractivity contribution < 1.29 is 14.6 Å². The molecule has 4 rings (SSSR count). The van der Waals surface area contributed by atoms with Gasteiger partial charge >= 0.3 is 6.09 Å². The second kappa shape index (κ2) is 7.94. The number of aliphatic hydroxyl groups is 1. The molecule has 0 fully saturated rings. The maximum Gasteiger partial charge on any atom is 0.407 e. The molecule has 1 aromatic heterocycles. The van der Waals surface area contributed by atoms with Gasteiger partial charge in [-0.05, 0) is 40.1 Å². The molecular weight excluding hydrogens is 358 g/mol. The highest BCUT2D eigenvalue weighted by Crippen LogP contribution is 2.44. The summed E-state index contributed by atoms with van der Waals surface area (Å²) in [4.78, 5) is 13.4. The third-order valence-electron chi connectivity index (χ3n) is 4.94. The van der Waals surface area contributed by atoms with E-state index in [0.717, 1.165) is 4.88 Å². The number of hydrogen-bond acceptors (Lipinski definition) is 4. The van der Waals surface area contributed by atoms with Crippen molar-refractivity contribution in [3.8, 4) is 11.1 Å². The van der Waals surface area contributed by atoms with E-state index in [4.69, 9.17) is 4.74 Å². The molecule has 0 saturated heterocycles. The van der Waals surface area contributed by atoms with Crippen molar-refractivity contribution in [3.63, 3.8) is 0 Å². The molecule has 0 spiro atoms. The Labute approximate surface area is 162 Å². The van der Waals surface area contributed by atoms with Gasteiger partial charge in [0.05, 0.1) is 6.04 Å². The van der Waals surface area contributed by atoms with E-state index in [1.165, 1.54) is 22.3 Å². The number of ether oxygens (including phenoxy) is 1. The van der Waals surface area contributed by atoms with Crippen LogP contribution in [-0.4, -0.2) is 24.4 Å². The number of hydrogen-bond donors (Lipinski definition) is 2. The largest absolute Gasteiger partial charge is 0.449 e. The normalized spacial score (nSPS) is 13.7. The fourth-order valence-electron chi connectivity index (χ4n) is 3.69. The van der Waals surface area contributed by atoms with Gasteiger partial charge in [-0.15, -0.1) is 11.3 Å². The Morgan fingerprint density at radius 3 is 2.30 bits per heavy atom. The number of rotatable bonds is 6. The Balaban J connectivity index is 1.46. The summed E-state index contributed by atoms with van der Waals surface area (Å²) in [5.74, 6) is 0.0428. The highest BCUT2D eigenvalue weighted by atomic mass is 32.1. The lowest BCUT2D eigenvalue weighted by molar-refractivity contribution is 0.137. The lowest BCUT2D eigenvalue weighted by Gasteiger charge is -2.18. The summed E-state index contributed by atoms with van der Waals surface area (Å²) in [6, 6.07) is 20.2. The van der Waals surface area contributed by atoms with Gasteiger partial charge < -0.3 is 15.2 Å². The van der Waals surface area contributed by atoms with E-state index in [9.17, 15) is 9.90 Å². The minimum absolute atomic E-state index is 0.00617. The molecule has 1 amide bonds. The first-order valence-electron chi connectivity index (χ1n) is 9.03. The van der Waals surface area contributed by atoms with Crippen LogP contribution in [0.2, 0.25) is 0 Å². The first-order chi connectivity index (χ1) is 13.3. The van der Waals surface area contributed by atoms with Crippen molar-refractivity contribution in [1.29, 1.82) is 0 Å². The summed E-state index contributed by atoms with van der Waals surface area (Å²) in [5, 5.41) is 14.1. The second-order valence-electron chi connectivity index (χ2n) is 6.55. The maximum atomic E-state index is 12.4. The van der Waals surface area contributed by atoms with Gasteiger partial charge in [-0.25, -0.2) is 4.79 Å². The number of aliphatic hydroxyl groups excluding tert-OH is 1. The van der Waals surface area contributed by atoms with E-state index in [0.29, 0.717) is 6.42 Å². The fourth-order valence-corrected chi connectivity index (χ4v) is 4.50. The van der Waals surface area contributed by atoms with E-state index in [-0.39, 0.29) is 25.2 Å². The average molecular weight is 379 g/mol. The van der Waals surface area contributed by atoms with Crippen molar-refractivity contribution in [2.75, 3.05) is 13.2 Å². The van der Waals surface area contributed by atoms with Crippen LogP contribution in [0.4, 0.5) is 4.79 Å². The lowest BCUT2D eigenvalue weighted by atomic mass is 9.98. The maximum absolute atomic E-state index is 12.4. The monoisotopic (exact) mass is 379 g/mol. The number of nitrogens with one attached hydrogen (secondary N) is 1. The predicted octanol–water partition coefficient (Wildman–Crippen LogP) is 4.71. The molecule has 5 heteroatoms. The van der Waals surface area contributed by atoms with Gasteiger partial charge in [0.15, 0.2) is 0 Å². The Kier molecular flexibility index (Phi) is 5.23. The van der Waals surface area contributed by atoms with E-state index >= 15 is 0 Å². The molecule has 1 aliphatic rings. The molecule has 0 saturated carbocycles. The van der Waals surface area contributed by atoms with Crippen molar-refractivity contribution in [2.24, 2.45) is 0 Å². The third-order valence-corrected chi connectivity index (χ3v) is 5.93. The van der Waals surface area contributed by atoms with E-state index in [2.05, 4.69) is 29.6 Å². The Hall–Kier alpha value is -2.63. The van der Waals surface area contributed by atoms with Crippen LogP contribution in [0, 0.1) is 0 Å². The van der Waals surface area contributed by atoms with Crippen molar-refractivity contribution in [2.45, 2.75) is 18.4 Å². The first kappa shape index (κ1) is 17.8. The van der Waals surface area contributed by atoms with Gasteiger partial charge in [0.2, 0.25) is 0 Å². The zero-order chi connectivity index (χ0) is 18.6. The van der Waals surface area contributed by atoms with Gasteiger partial charge in [-0.2, -0.15) is 0 Å². The second-order valence-corrected chi connectivity index (χ2v) is 7.53. The molecule has 4 nitrogen and oxygen atoms in total. The Morgan fingerprint density at radius 2 is 1.70 bits per heavy atom. The van der Waals surface area contributed by atoms with Gasteiger partial charge in [0, 0.05) is 17.4 Å². The first-order valence-corrected chi connectivity index (χ1v) is 9.91. The van der Waals surface area contributed by atoms with Crippen LogP contribution in [0.15, 0.2) is 66.0 Å². The Morgan fingerprint density at radius 1 is 1.04 bits per heavy atom. The average Bonchev–Trinajstić information content (AvgIpc) is 3.33. The lowest BCUT2D eigenvalue weighted by Crippen LogP contribution is -2.30. The van der Waals surface area contributed by atoms with Crippen molar-refractivity contribution in [1.82, 2.24) is 5.32 Å². The zero-order valence-corrected chi connectivity index (χ0v) is 15.6. The number of fused-ring (bicyclic) bond motifs is 3. The molecule has 1 atom stereocenters. The topological polar surface area (TPSA) is 58.6 Å². The summed E-state index contributed by atoms with van der Waals surface area (Å²) >= 11 is 1.56. The quantitative estimate of drug-likeness (QED) is 0.652. The third kappa shape index (κ3) is 3.61. The number of alkyl carbamates (subject to hydrolysis) is 1. The van der Waals surface area contributed by atoms with Gasteiger partial charge in [0.25, 0.3) is 0 Å². The highest BCUT2D eigenvalue weighted by Gasteiger charge is 2.29. The van der Waals surface area contributed by atoms with E-state index in [1.807, 2.05) is 41.8 Å². The standard InChI is InChI=1S/C22H21NO3S/c24-12-11-20(21-10-5-13-27-21)23-22(25)26-14-19-17-8-3-1-6-15(17)16-7-2-4-9-18(16)19/h1-10,13,19-20,24H,11-12,14H2,(H,23,25)/t20-/m1/s1. The smallest absolute Gasteiger partial charge is 0.407 e. The molecule has 138 valence electrons. The molecule has 0 unspecified atom stereocenters. The molecule has 0 bridgehead atoms. The molecule has 2 aromatic carbocycles. The zero-order valence-electron chi connectivity index (χ0n) is 14.8. The Bertz CT molecular complexity index is 877. The van der Waals surface area contributed by atoms with Crippen LogP contribution in [0.25, 0.3) is 11.1 Å². The molecule has 27 heavy (non-hydrogen) atoms. The SMILES string of the molecule is O=C(N[C@H](CCO)c1cccs1)OCC1c2ccccc2-c2ccccc21. The van der Waals surface area contributed by atoms with Crippen LogP contribution in [-0.2, 0) is 4.74 Å². The molecular formula is C22H21NO3S. The molecule has 0 aliphatic heterocycles. The van der Waals surface area contributed by atoms with Crippen molar-refractivity contribution >= 4 is 17.4 Å². The van der Waals surface area contributed by atoms with Crippen LogP contribution < -0.4 is 5.32 Å². The number of amides is 1. The van der Waals surface area contributed by atoms with E-state index < -0.39 is 6.09 Å². The van der Waals surface area contributed by atoms with Crippen molar-refractivity contribution in [3.05, 3.63) is 82.0 Å². The molecule has 3 aromatic rings. The van der Waals surface area contributed by atoms with E-state index in [1.54, 1.807) is 11.3 Å². The summed E-state index contributed by atoms with van der Waals surface area (Å²) in [7, 11) is 0. The highest BCUT2D eigenvalue weighted by molar-refractivity contribution is 7.10.